The molecule has 56 heavy (non-hydrogen) atoms. The van der Waals surface area contributed by atoms with Crippen molar-refractivity contribution in [3.63, 3.8) is 0 Å². The predicted octanol–water partition coefficient (Wildman–Crippen LogP) is 1.61. The maximum atomic E-state index is 13.4. The third kappa shape index (κ3) is 7.23. The smallest absolute Gasteiger partial charge is 0.545 e. The van der Waals surface area contributed by atoms with Crippen LogP contribution in [-0.2, 0) is 9.47 Å². The number of rotatable bonds is 7. The summed E-state index contributed by atoms with van der Waals surface area (Å²) >= 11 is 0. The van der Waals surface area contributed by atoms with E-state index >= 15 is 0 Å². The van der Waals surface area contributed by atoms with Gasteiger partial charge in [0.05, 0.1) is 29.7 Å². The zero-order chi connectivity index (χ0) is 39.1. The number of hydrogen-bond acceptors (Lipinski definition) is 8. The van der Waals surface area contributed by atoms with Crippen LogP contribution in [0.25, 0.3) is 0 Å². The Balaban J connectivity index is 0.00000300. The summed E-state index contributed by atoms with van der Waals surface area (Å²) in [5.74, 6) is -2.85. The predicted molar refractivity (Wildman–Crippen MR) is 200 cm³/mol. The molecule has 0 amide bonds. The van der Waals surface area contributed by atoms with Crippen LogP contribution in [0, 0.1) is 50.2 Å². The molecule has 4 fully saturated rings. The largest absolute Gasteiger partial charge is 1.00 e. The molecule has 2 aromatic carbocycles. The first kappa shape index (κ1) is 45.1. The van der Waals surface area contributed by atoms with Crippen molar-refractivity contribution in [1.29, 1.82) is 0 Å². The molecule has 0 N–H and O–H groups in total. The van der Waals surface area contributed by atoms with Gasteiger partial charge in [-0.25, -0.2) is 9.59 Å². The van der Waals surface area contributed by atoms with Gasteiger partial charge in [-0.1, -0.05) is 96.5 Å². The Morgan fingerprint density at radius 2 is 1.23 bits per heavy atom. The van der Waals surface area contributed by atoms with E-state index in [2.05, 4.69) is 54.5 Å². The average molecular weight is 783 g/mol. The summed E-state index contributed by atoms with van der Waals surface area (Å²) in [4.78, 5) is 50.1. The quantitative estimate of drug-likeness (QED) is 0.235. The summed E-state index contributed by atoms with van der Waals surface area (Å²) in [6, 6.07) is 12.2. The van der Waals surface area contributed by atoms with Crippen LogP contribution in [0.15, 0.2) is 60.2 Å². The molecule has 0 aliphatic heterocycles. The second-order valence-electron chi connectivity index (χ2n) is 19.5. The van der Waals surface area contributed by atoms with Crippen molar-refractivity contribution >= 4 is 23.9 Å². The van der Waals surface area contributed by atoms with E-state index in [1.54, 1.807) is 29.8 Å². The number of hydrogen-bond donors (Lipinski definition) is 0. The molecule has 7 rings (SSSR count). The first-order valence-electron chi connectivity index (χ1n) is 20.0. The van der Waals surface area contributed by atoms with Crippen LogP contribution >= 0.6 is 0 Å². The summed E-state index contributed by atoms with van der Waals surface area (Å²) in [7, 11) is 0. The summed E-state index contributed by atoms with van der Waals surface area (Å²) in [5.41, 5.74) is 1.11. The Morgan fingerprint density at radius 1 is 0.679 bits per heavy atom. The minimum absolute atomic E-state index is 0. The molecule has 0 bridgehead atoms. The van der Waals surface area contributed by atoms with Crippen LogP contribution in [-0.4, -0.2) is 36.6 Å². The van der Waals surface area contributed by atoms with Crippen molar-refractivity contribution in [3.05, 3.63) is 82.4 Å². The molecular formula is C46H56Na2O8. The molecule has 290 valence electrons. The van der Waals surface area contributed by atoms with Gasteiger partial charge in [0.2, 0.25) is 0 Å². The summed E-state index contributed by atoms with van der Waals surface area (Å²) in [6.45, 7) is 17.0. The van der Waals surface area contributed by atoms with Crippen molar-refractivity contribution in [1.82, 2.24) is 0 Å². The van der Waals surface area contributed by atoms with Gasteiger partial charge in [-0.15, -0.1) is 0 Å². The van der Waals surface area contributed by atoms with Gasteiger partial charge in [0.25, 0.3) is 0 Å². The van der Waals surface area contributed by atoms with Crippen LogP contribution in [0.3, 0.4) is 0 Å². The fraction of sp³-hybridized carbons (Fsp3) is 0.609. The average Bonchev–Trinajstić information content (AvgIpc) is 3.13. The zero-order valence-corrected chi connectivity index (χ0v) is 39.0. The molecule has 0 heterocycles. The van der Waals surface area contributed by atoms with Crippen molar-refractivity contribution in [3.8, 4) is 0 Å². The normalized spacial score (nSPS) is 36.6. The monoisotopic (exact) mass is 782 g/mol. The van der Waals surface area contributed by atoms with Crippen LogP contribution < -0.4 is 69.3 Å². The van der Waals surface area contributed by atoms with Crippen molar-refractivity contribution < 1.29 is 98.0 Å². The van der Waals surface area contributed by atoms with Gasteiger partial charge >= 0.3 is 71.1 Å². The van der Waals surface area contributed by atoms with Gasteiger partial charge in [0.1, 0.15) is 6.10 Å². The van der Waals surface area contributed by atoms with E-state index in [0.29, 0.717) is 17.8 Å². The van der Waals surface area contributed by atoms with E-state index in [9.17, 15) is 29.4 Å². The molecule has 10 heteroatoms. The topological polar surface area (TPSA) is 133 Å². The van der Waals surface area contributed by atoms with E-state index in [1.807, 2.05) is 0 Å². The minimum Gasteiger partial charge on any atom is -0.545 e. The molecule has 5 aliphatic rings. The van der Waals surface area contributed by atoms with E-state index in [1.165, 1.54) is 24.3 Å². The Morgan fingerprint density at radius 3 is 1.82 bits per heavy atom. The number of allylic oxidation sites excluding steroid dienone is 2. The number of esters is 2. The number of carbonyl (C=O) groups excluding carboxylic acids is 4. The molecule has 9 atom stereocenters. The SMILES string of the molecule is CC1(C)[C@@H](OC(=O)c2ccccc2C(=O)[O-])CC[C@]2(C)[C@H]3CC=C4[C@@H]5C[C@@](C)(COC(=O)c6ccccc6C(=O)[O-])CC[C@]5(C)CC[C@@]4(C)[C@]3(C)CC[C@@H]12.[Na+].[Na+]. The molecule has 2 aromatic rings. The molecular weight excluding hydrogens is 726 g/mol. The molecule has 0 spiro atoms. The third-order valence-electron chi connectivity index (χ3n) is 16.4. The van der Waals surface area contributed by atoms with E-state index in [0.717, 1.165) is 64.2 Å². The van der Waals surface area contributed by atoms with Crippen LogP contribution in [0.4, 0.5) is 0 Å². The second-order valence-corrected chi connectivity index (χ2v) is 19.5. The molecule has 0 unspecified atom stereocenters. The van der Waals surface area contributed by atoms with Crippen molar-refractivity contribution in [2.45, 2.75) is 119 Å². The van der Waals surface area contributed by atoms with Crippen LogP contribution in [0.5, 0.6) is 0 Å². The maximum absolute atomic E-state index is 13.4. The Bertz CT molecular complexity index is 1920. The second kappa shape index (κ2) is 15.9. The Kier molecular flexibility index (Phi) is 12.8. The van der Waals surface area contributed by atoms with Crippen LogP contribution in [0.2, 0.25) is 0 Å². The number of carboxylic acids is 2. The molecule has 0 radical (unpaired) electrons. The number of fused-ring (bicyclic) bond motifs is 7. The summed E-state index contributed by atoms with van der Waals surface area (Å²) < 4.78 is 12.1. The zero-order valence-electron chi connectivity index (χ0n) is 35.0. The Hall–Kier alpha value is -1.94. The van der Waals surface area contributed by atoms with E-state index < -0.39 is 23.9 Å². The van der Waals surface area contributed by atoms with Crippen molar-refractivity contribution in [2.75, 3.05) is 6.61 Å². The summed E-state index contributed by atoms with van der Waals surface area (Å²) in [6.07, 6.45) is 12.3. The molecule has 8 nitrogen and oxygen atoms in total. The van der Waals surface area contributed by atoms with Gasteiger partial charge in [-0.3, -0.25) is 0 Å². The Labute approximate surface area is 376 Å². The van der Waals surface area contributed by atoms with Crippen LogP contribution in [0.1, 0.15) is 154 Å². The van der Waals surface area contributed by atoms with Gasteiger partial charge in [-0.05, 0) is 116 Å². The fourth-order valence-electron chi connectivity index (χ4n) is 12.9. The summed E-state index contributed by atoms with van der Waals surface area (Å²) in [5, 5.41) is 23.4. The third-order valence-corrected chi connectivity index (χ3v) is 16.4. The fourth-order valence-corrected chi connectivity index (χ4v) is 12.9. The number of ether oxygens (including phenoxy) is 2. The van der Waals surface area contributed by atoms with Gasteiger partial charge in [-0.2, -0.15) is 0 Å². The van der Waals surface area contributed by atoms with Gasteiger partial charge in [0.15, 0.2) is 0 Å². The number of carboxylic acid groups (broad SMARTS) is 2. The molecule has 0 saturated heterocycles. The number of carbonyl (C=O) groups is 4. The molecule has 0 aromatic heterocycles. The minimum atomic E-state index is -1.39. The standard InChI is InChI=1S/C46H58O8.2Na/c1-41(2)34-18-21-46(7)35(44(34,5)20-19-36(41)54-40(52)31-15-11-9-13-29(31)38(49)50)17-16-32-33-26-42(3,22-23-43(33,4)24-25-45(32,46)6)27-53-39(51)30-14-10-8-12-28(30)37(47)48;;/h8-16,33-36H,17-27H2,1-7H3,(H,47,48)(H,49,50);;/q;2*+1/p-2/t33-,34-,35+,36-,42-,43+,44-,45+,46+;;/m0../s1. The first-order valence-corrected chi connectivity index (χ1v) is 20.0. The number of aromatic carboxylic acids is 2. The van der Waals surface area contributed by atoms with E-state index in [4.69, 9.17) is 9.47 Å². The molecule has 5 aliphatic carbocycles. The number of benzene rings is 2. The first-order chi connectivity index (χ1) is 25.3. The van der Waals surface area contributed by atoms with Crippen molar-refractivity contribution in [2.24, 2.45) is 50.2 Å². The van der Waals surface area contributed by atoms with Gasteiger partial charge < -0.3 is 29.3 Å². The van der Waals surface area contributed by atoms with Gasteiger partial charge in [0, 0.05) is 22.0 Å². The van der Waals surface area contributed by atoms with E-state index in [-0.39, 0.29) is 127 Å². The maximum Gasteiger partial charge on any atom is 1.00 e. The molecule has 4 saturated carbocycles.